The first kappa shape index (κ1) is 24.3. The van der Waals surface area contributed by atoms with Crippen molar-refractivity contribution in [2.75, 3.05) is 6.61 Å². The molecule has 0 amide bonds. The first-order chi connectivity index (χ1) is 13.1. The number of aliphatic hydroxyl groups is 1. The summed E-state index contributed by atoms with van der Waals surface area (Å²) in [7, 11) is -2.10. The SMILES string of the molecule is C=C/C(C)=C/C[C@H](O)[C@@]12CO[C@@](C)(C1=O)[C@@H](O[Si](C)(C)C(C)(C)C)C[C@@H]2C(=C)C. The van der Waals surface area contributed by atoms with Gasteiger partial charge in [-0.1, -0.05) is 57.2 Å². The van der Waals surface area contributed by atoms with Crippen LogP contribution in [0.25, 0.3) is 0 Å². The Morgan fingerprint density at radius 3 is 2.48 bits per heavy atom. The highest BCUT2D eigenvalue weighted by Crippen LogP contribution is 2.56. The van der Waals surface area contributed by atoms with E-state index in [0.717, 1.165) is 11.1 Å². The molecule has 1 aliphatic carbocycles. The molecule has 1 saturated heterocycles. The van der Waals surface area contributed by atoms with Gasteiger partial charge in [0.15, 0.2) is 14.1 Å². The highest BCUT2D eigenvalue weighted by atomic mass is 28.4. The molecule has 2 bridgehead atoms. The molecule has 1 heterocycles. The summed E-state index contributed by atoms with van der Waals surface area (Å²) >= 11 is 0. The molecule has 1 saturated carbocycles. The van der Waals surface area contributed by atoms with Crippen LogP contribution >= 0.6 is 0 Å². The number of ether oxygens (including phenoxy) is 1. The second-order valence-corrected chi connectivity index (χ2v) is 15.4. The van der Waals surface area contributed by atoms with Crippen molar-refractivity contribution in [3.8, 4) is 0 Å². The number of allylic oxidation sites excluding steroid dienone is 3. The summed E-state index contributed by atoms with van der Waals surface area (Å²) in [6, 6.07) is 0. The normalized spacial score (nSPS) is 34.2. The van der Waals surface area contributed by atoms with Gasteiger partial charge in [-0.25, -0.2) is 0 Å². The molecule has 5 atom stereocenters. The fourth-order valence-corrected chi connectivity index (χ4v) is 5.80. The maximum atomic E-state index is 13.8. The van der Waals surface area contributed by atoms with Gasteiger partial charge in [-0.2, -0.15) is 0 Å². The molecule has 0 radical (unpaired) electrons. The third kappa shape index (κ3) is 3.99. The van der Waals surface area contributed by atoms with E-state index in [1.807, 2.05) is 26.8 Å². The Labute approximate surface area is 178 Å². The zero-order valence-electron chi connectivity index (χ0n) is 19.6. The van der Waals surface area contributed by atoms with Gasteiger partial charge in [0, 0.05) is 0 Å². The standard InChI is InChI=1S/C24H40O4Si/c1-11-17(4)12-13-19(25)24-15-27-23(8,21(24)26)20(14-18(24)16(2)3)28-29(9,10)22(5,6)7/h11-12,18-20,25H,1-2,13-15H2,3-10H3/b17-12+/t18-,19+,20+,23-,24+/m1/s1. The average molecular weight is 421 g/mol. The Hall–Kier alpha value is -1.01. The quantitative estimate of drug-likeness (QED) is 0.349. The van der Waals surface area contributed by atoms with Crippen molar-refractivity contribution in [1.29, 1.82) is 0 Å². The molecule has 0 spiro atoms. The van der Waals surface area contributed by atoms with Gasteiger partial charge in [0.1, 0.15) is 5.60 Å². The van der Waals surface area contributed by atoms with Gasteiger partial charge in [0.05, 0.1) is 24.2 Å². The average Bonchev–Trinajstić information content (AvgIpc) is 2.79. The fraction of sp³-hybridized carbons (Fsp3) is 0.708. The predicted molar refractivity (Wildman–Crippen MR) is 121 cm³/mol. The second kappa shape index (κ2) is 7.91. The highest BCUT2D eigenvalue weighted by molar-refractivity contribution is 6.74. The summed E-state index contributed by atoms with van der Waals surface area (Å²) in [5.74, 6) is -0.210. The minimum atomic E-state index is -2.10. The van der Waals surface area contributed by atoms with E-state index >= 15 is 0 Å². The lowest BCUT2D eigenvalue weighted by Crippen LogP contribution is -2.63. The van der Waals surface area contributed by atoms with Crippen LogP contribution in [-0.2, 0) is 14.0 Å². The van der Waals surface area contributed by atoms with Crippen LogP contribution in [0.5, 0.6) is 0 Å². The van der Waals surface area contributed by atoms with E-state index in [4.69, 9.17) is 9.16 Å². The molecular weight excluding hydrogens is 380 g/mol. The highest BCUT2D eigenvalue weighted by Gasteiger charge is 2.69. The third-order valence-electron chi connectivity index (χ3n) is 7.59. The molecule has 2 fully saturated rings. The Morgan fingerprint density at radius 2 is 2.00 bits per heavy atom. The Bertz CT molecular complexity index is 717. The van der Waals surface area contributed by atoms with Gasteiger partial charge in [0.25, 0.3) is 0 Å². The van der Waals surface area contributed by atoms with Crippen LogP contribution in [-0.4, -0.2) is 43.6 Å². The molecule has 5 heteroatoms. The van der Waals surface area contributed by atoms with Crippen molar-refractivity contribution in [3.05, 3.63) is 36.5 Å². The van der Waals surface area contributed by atoms with Crippen molar-refractivity contribution in [2.24, 2.45) is 11.3 Å². The first-order valence-electron chi connectivity index (χ1n) is 10.6. The number of aliphatic hydroxyl groups excluding tert-OH is 1. The molecule has 2 rings (SSSR count). The van der Waals surface area contributed by atoms with Crippen LogP contribution in [0.4, 0.5) is 0 Å². The number of rotatable bonds is 7. The number of hydrogen-bond acceptors (Lipinski definition) is 4. The molecule has 4 nitrogen and oxygen atoms in total. The van der Waals surface area contributed by atoms with E-state index in [2.05, 4.69) is 47.0 Å². The van der Waals surface area contributed by atoms with Crippen LogP contribution in [0.3, 0.4) is 0 Å². The van der Waals surface area contributed by atoms with Crippen LogP contribution in [0.15, 0.2) is 36.5 Å². The minimum Gasteiger partial charge on any atom is -0.411 e. The van der Waals surface area contributed by atoms with Crippen LogP contribution in [0.1, 0.15) is 54.4 Å². The summed E-state index contributed by atoms with van der Waals surface area (Å²) in [5, 5.41) is 11.2. The maximum absolute atomic E-state index is 13.8. The van der Waals surface area contributed by atoms with Gasteiger partial charge in [-0.05, 0) is 57.7 Å². The lowest BCUT2D eigenvalue weighted by molar-refractivity contribution is -0.155. The van der Waals surface area contributed by atoms with Crippen molar-refractivity contribution in [1.82, 2.24) is 0 Å². The smallest absolute Gasteiger partial charge is 0.192 e. The first-order valence-corrected chi connectivity index (χ1v) is 13.5. The van der Waals surface area contributed by atoms with Crippen LogP contribution in [0.2, 0.25) is 18.1 Å². The lowest BCUT2D eigenvalue weighted by atomic mass is 9.57. The van der Waals surface area contributed by atoms with E-state index in [1.54, 1.807) is 6.08 Å². The summed E-state index contributed by atoms with van der Waals surface area (Å²) in [6.07, 6.45) is 3.56. The molecular formula is C24H40O4Si. The Balaban J connectivity index is 2.44. The Morgan fingerprint density at radius 1 is 1.41 bits per heavy atom. The van der Waals surface area contributed by atoms with E-state index in [0.29, 0.717) is 12.8 Å². The maximum Gasteiger partial charge on any atom is 0.192 e. The van der Waals surface area contributed by atoms with E-state index in [9.17, 15) is 9.90 Å². The summed E-state index contributed by atoms with van der Waals surface area (Å²) < 4.78 is 12.9. The fourth-order valence-electron chi connectivity index (χ4n) is 4.41. The lowest BCUT2D eigenvalue weighted by Gasteiger charge is -2.50. The summed E-state index contributed by atoms with van der Waals surface area (Å²) in [6.45, 7) is 24.9. The molecule has 0 aromatic rings. The number of carbonyl (C=O) groups is 1. The van der Waals surface area contributed by atoms with Gasteiger partial charge in [-0.15, -0.1) is 0 Å². The minimum absolute atomic E-state index is 0.0325. The zero-order valence-corrected chi connectivity index (χ0v) is 20.6. The zero-order chi connectivity index (χ0) is 22.4. The van der Waals surface area contributed by atoms with Crippen molar-refractivity contribution in [2.45, 2.75) is 90.3 Å². The molecule has 0 aromatic carbocycles. The van der Waals surface area contributed by atoms with E-state index in [1.165, 1.54) is 0 Å². The second-order valence-electron chi connectivity index (χ2n) is 10.7. The molecule has 1 N–H and O–H groups in total. The number of Topliss-reactive ketones (excluding diaryl/α,β-unsaturated/α-hetero) is 1. The summed E-state index contributed by atoms with van der Waals surface area (Å²) in [5.41, 5.74) is -0.111. The topological polar surface area (TPSA) is 55.8 Å². The van der Waals surface area contributed by atoms with Crippen molar-refractivity contribution < 1.29 is 19.1 Å². The predicted octanol–water partition coefficient (Wildman–Crippen LogP) is 5.20. The number of hydrogen-bond donors (Lipinski definition) is 1. The van der Waals surface area contributed by atoms with E-state index < -0.39 is 25.4 Å². The van der Waals surface area contributed by atoms with Crippen LogP contribution in [0, 0.1) is 11.3 Å². The molecule has 1 aliphatic heterocycles. The number of fused-ring (bicyclic) bond motifs is 2. The third-order valence-corrected chi connectivity index (χ3v) is 12.1. The molecule has 29 heavy (non-hydrogen) atoms. The molecule has 2 aliphatic rings. The number of carbonyl (C=O) groups excluding carboxylic acids is 1. The molecule has 0 unspecified atom stereocenters. The number of ketones is 1. The summed E-state index contributed by atoms with van der Waals surface area (Å²) in [4.78, 5) is 13.8. The van der Waals surface area contributed by atoms with Crippen molar-refractivity contribution in [3.63, 3.8) is 0 Å². The molecule has 164 valence electrons. The van der Waals surface area contributed by atoms with Crippen LogP contribution < -0.4 is 0 Å². The Kier molecular flexibility index (Phi) is 6.62. The van der Waals surface area contributed by atoms with Gasteiger partial charge in [-0.3, -0.25) is 4.79 Å². The van der Waals surface area contributed by atoms with Crippen molar-refractivity contribution >= 4 is 14.1 Å². The largest absolute Gasteiger partial charge is 0.411 e. The van der Waals surface area contributed by atoms with Gasteiger partial charge < -0.3 is 14.3 Å². The van der Waals surface area contributed by atoms with E-state index in [-0.39, 0.29) is 29.5 Å². The monoisotopic (exact) mass is 420 g/mol. The molecule has 0 aromatic heterocycles. The van der Waals surface area contributed by atoms with Gasteiger partial charge >= 0.3 is 0 Å². The van der Waals surface area contributed by atoms with Gasteiger partial charge in [0.2, 0.25) is 0 Å².